The molecule has 25 heavy (non-hydrogen) atoms. The van der Waals surface area contributed by atoms with Gasteiger partial charge in [0.25, 0.3) is 0 Å². The summed E-state index contributed by atoms with van der Waals surface area (Å²) in [7, 11) is 0. The van der Waals surface area contributed by atoms with E-state index in [1.165, 1.54) is 0 Å². The van der Waals surface area contributed by atoms with Crippen molar-refractivity contribution in [3.63, 3.8) is 0 Å². The highest BCUT2D eigenvalue weighted by Gasteiger charge is 2.53. The molecule has 4 rings (SSSR count). The normalized spacial score (nSPS) is 24.8. The van der Waals surface area contributed by atoms with Crippen molar-refractivity contribution in [1.29, 1.82) is 0 Å². The second kappa shape index (κ2) is 5.71. The Balaban J connectivity index is 1.79. The summed E-state index contributed by atoms with van der Waals surface area (Å²) in [5, 5.41) is 7.48. The molecule has 0 saturated carbocycles. The molecule has 5 nitrogen and oxygen atoms in total. The smallest absolute Gasteiger partial charge is 0.227 e. The Kier molecular flexibility index (Phi) is 3.74. The fraction of sp³-hybridized carbons (Fsp3) is 0.278. The van der Waals surface area contributed by atoms with Crippen LogP contribution in [0.2, 0.25) is 10.0 Å². The van der Waals surface area contributed by atoms with Crippen LogP contribution in [0.4, 0.5) is 5.69 Å². The van der Waals surface area contributed by atoms with Crippen LogP contribution in [0.1, 0.15) is 13.8 Å². The zero-order valence-electron chi connectivity index (χ0n) is 13.9. The molecular weight excluding hydrogens is 359 g/mol. The van der Waals surface area contributed by atoms with Gasteiger partial charge in [-0.05, 0) is 37.6 Å². The predicted molar refractivity (Wildman–Crippen MR) is 101 cm³/mol. The topological polar surface area (TPSA) is 56.5 Å². The lowest BCUT2D eigenvalue weighted by Crippen LogP contribution is -2.46. The number of aliphatic imine (C=N–C) groups is 1. The zero-order chi connectivity index (χ0) is 17.8. The number of halogens is 2. The van der Waals surface area contributed by atoms with Crippen LogP contribution in [0.3, 0.4) is 0 Å². The number of hydrogen-bond donors (Lipinski definition) is 2. The van der Waals surface area contributed by atoms with Crippen molar-refractivity contribution in [1.82, 2.24) is 5.32 Å². The van der Waals surface area contributed by atoms with Crippen molar-refractivity contribution in [3.05, 3.63) is 67.7 Å². The summed E-state index contributed by atoms with van der Waals surface area (Å²) in [4.78, 5) is 17.1. The summed E-state index contributed by atoms with van der Waals surface area (Å²) in [5.41, 5.74) is 4.08. The molecule has 0 aromatic heterocycles. The first-order chi connectivity index (χ1) is 11.9. The quantitative estimate of drug-likeness (QED) is 0.727. The second-order valence-corrected chi connectivity index (χ2v) is 7.37. The maximum Gasteiger partial charge on any atom is 0.227 e. The Morgan fingerprint density at radius 3 is 2.68 bits per heavy atom. The minimum Gasteiger partial charge on any atom is -0.327 e. The zero-order valence-corrected chi connectivity index (χ0v) is 15.4. The Morgan fingerprint density at radius 1 is 1.24 bits per heavy atom. The van der Waals surface area contributed by atoms with Gasteiger partial charge in [0.05, 0.1) is 21.4 Å². The van der Waals surface area contributed by atoms with Crippen LogP contribution in [-0.2, 0) is 0 Å². The lowest BCUT2D eigenvalue weighted by molar-refractivity contribution is -0.549. The number of nitrogens with one attached hydrogen (secondary N) is 2. The molecule has 1 aromatic carbocycles. The summed E-state index contributed by atoms with van der Waals surface area (Å²) < 4.78 is 1.06. The lowest BCUT2D eigenvalue weighted by atomic mass is 9.75. The summed E-state index contributed by atoms with van der Waals surface area (Å²) in [6.07, 6.45) is 4.04. The number of nitrogens with zero attached hydrogens (tertiary/aromatic N) is 2. The SMILES string of the molecule is CC1=CC=C2NC(Nc3c(Cl)cccc3Cl)=NC23C[N+](=O)CC(C)=C13. The molecule has 0 fully saturated rings. The van der Waals surface area contributed by atoms with Crippen LogP contribution in [0.5, 0.6) is 0 Å². The van der Waals surface area contributed by atoms with Crippen LogP contribution < -0.4 is 10.6 Å². The monoisotopic (exact) mass is 375 g/mol. The number of guanidine groups is 1. The van der Waals surface area contributed by atoms with Gasteiger partial charge in [0.15, 0.2) is 5.54 Å². The highest BCUT2D eigenvalue weighted by Crippen LogP contribution is 2.44. The van der Waals surface area contributed by atoms with Gasteiger partial charge in [-0.15, -0.1) is 0 Å². The third-order valence-electron chi connectivity index (χ3n) is 4.76. The first kappa shape index (κ1) is 16.4. The van der Waals surface area contributed by atoms with Gasteiger partial charge in [0, 0.05) is 20.8 Å². The molecule has 2 heterocycles. The van der Waals surface area contributed by atoms with Gasteiger partial charge in [-0.3, -0.25) is 0 Å². The third-order valence-corrected chi connectivity index (χ3v) is 5.39. The van der Waals surface area contributed by atoms with Crippen LogP contribution in [0, 0.1) is 4.91 Å². The Bertz CT molecular complexity index is 909. The van der Waals surface area contributed by atoms with Gasteiger partial charge in [-0.25, -0.2) is 4.99 Å². The van der Waals surface area contributed by atoms with Gasteiger partial charge in [0.2, 0.25) is 19.0 Å². The standard InChI is InChI=1S/C18H17Cl2N4O/c1-10-6-7-14-18(9-24(25)8-11(2)15(10)18)23-17(21-14)22-16-12(19)4-3-5-13(16)20/h3-7H,8-9H2,1-2H3,(H2,21,22,23)/q+1. The van der Waals surface area contributed by atoms with Crippen molar-refractivity contribution in [3.8, 4) is 0 Å². The summed E-state index contributed by atoms with van der Waals surface area (Å²) >= 11 is 12.5. The van der Waals surface area contributed by atoms with Crippen molar-refractivity contribution in [2.75, 3.05) is 18.4 Å². The molecule has 0 amide bonds. The first-order valence-corrected chi connectivity index (χ1v) is 8.76. The van der Waals surface area contributed by atoms with E-state index in [2.05, 4.69) is 23.6 Å². The van der Waals surface area contributed by atoms with Gasteiger partial charge in [-0.1, -0.05) is 35.3 Å². The Hall–Kier alpha value is -2.11. The predicted octanol–water partition coefficient (Wildman–Crippen LogP) is 4.06. The molecule has 1 aromatic rings. The van der Waals surface area contributed by atoms with E-state index in [1.54, 1.807) is 18.2 Å². The van der Waals surface area contributed by atoms with Crippen LogP contribution >= 0.6 is 23.2 Å². The van der Waals surface area contributed by atoms with Gasteiger partial charge >= 0.3 is 0 Å². The molecule has 1 aliphatic carbocycles. The highest BCUT2D eigenvalue weighted by molar-refractivity contribution is 6.39. The number of allylic oxidation sites excluding steroid dienone is 2. The Morgan fingerprint density at radius 2 is 1.96 bits per heavy atom. The molecule has 1 atom stereocenters. The molecular formula is C18H17Cl2N4O+. The van der Waals surface area contributed by atoms with E-state index < -0.39 is 5.54 Å². The molecule has 3 aliphatic rings. The summed E-state index contributed by atoms with van der Waals surface area (Å²) in [6, 6.07) is 5.31. The fourth-order valence-corrected chi connectivity index (χ4v) is 4.33. The maximum absolute atomic E-state index is 12.2. The van der Waals surface area contributed by atoms with Crippen LogP contribution in [-0.4, -0.2) is 29.3 Å². The lowest BCUT2D eigenvalue weighted by Gasteiger charge is -2.33. The van der Waals surface area contributed by atoms with Gasteiger partial charge in [0.1, 0.15) is 0 Å². The number of rotatable bonds is 1. The number of hydrogen-bond acceptors (Lipinski definition) is 4. The highest BCUT2D eigenvalue weighted by atomic mass is 35.5. The molecule has 2 aliphatic heterocycles. The maximum atomic E-state index is 12.2. The number of para-hydroxylation sites is 1. The van der Waals surface area contributed by atoms with E-state index in [4.69, 9.17) is 28.2 Å². The van der Waals surface area contributed by atoms with Crippen LogP contribution in [0.15, 0.2) is 57.8 Å². The van der Waals surface area contributed by atoms with Gasteiger partial charge in [-0.2, -0.15) is 0 Å². The Labute approximate surface area is 155 Å². The minimum atomic E-state index is -0.695. The average Bonchev–Trinajstić information content (AvgIpc) is 2.87. The molecule has 128 valence electrons. The first-order valence-electron chi connectivity index (χ1n) is 8.00. The van der Waals surface area contributed by atoms with E-state index in [0.29, 0.717) is 28.2 Å². The second-order valence-electron chi connectivity index (χ2n) is 6.55. The minimum absolute atomic E-state index is 0.283. The molecule has 7 heteroatoms. The van der Waals surface area contributed by atoms with Crippen molar-refractivity contribution in [2.24, 2.45) is 4.99 Å². The fourth-order valence-electron chi connectivity index (χ4n) is 3.84. The molecule has 0 bridgehead atoms. The number of anilines is 1. The van der Waals surface area contributed by atoms with E-state index in [9.17, 15) is 4.91 Å². The number of nitroso groups, excluding NO2 is 1. The third kappa shape index (κ3) is 2.50. The van der Waals surface area contributed by atoms with Crippen molar-refractivity contribution >= 4 is 34.8 Å². The number of benzene rings is 1. The van der Waals surface area contributed by atoms with E-state index in [1.807, 2.05) is 13.0 Å². The molecule has 1 unspecified atom stereocenters. The molecule has 0 radical (unpaired) electrons. The van der Waals surface area contributed by atoms with Gasteiger partial charge < -0.3 is 10.6 Å². The van der Waals surface area contributed by atoms with E-state index >= 15 is 0 Å². The average molecular weight is 376 g/mol. The van der Waals surface area contributed by atoms with Crippen molar-refractivity contribution in [2.45, 2.75) is 19.4 Å². The van der Waals surface area contributed by atoms with Crippen molar-refractivity contribution < 1.29 is 4.76 Å². The summed E-state index contributed by atoms with van der Waals surface area (Å²) in [6.45, 7) is 4.74. The molecule has 1 spiro atoms. The van der Waals surface area contributed by atoms with E-state index in [0.717, 1.165) is 27.2 Å². The molecule has 0 saturated heterocycles. The van der Waals surface area contributed by atoms with E-state index in [-0.39, 0.29) is 6.54 Å². The largest absolute Gasteiger partial charge is 0.327 e. The van der Waals surface area contributed by atoms with Crippen LogP contribution in [0.25, 0.3) is 0 Å². The molecule has 2 N–H and O–H groups in total. The summed E-state index contributed by atoms with van der Waals surface area (Å²) in [5.74, 6) is 0.532.